The van der Waals surface area contributed by atoms with Crippen molar-refractivity contribution in [1.82, 2.24) is 20.0 Å². The maximum absolute atomic E-state index is 11.6. The van der Waals surface area contributed by atoms with E-state index in [1.165, 1.54) is 7.11 Å². The molecule has 2 aromatic rings. The molecule has 8 heteroatoms. The molecule has 2 aromatic heterocycles. The van der Waals surface area contributed by atoms with Crippen molar-refractivity contribution in [2.45, 2.75) is 20.1 Å². The standard InChI is InChI=1S/C11H14N4O3S/c1-7-12-8(6-19-7)4-15-9(5-17-2)10(13-14-15)11(16)18-3/h6H,4-5H2,1-3H3. The summed E-state index contributed by atoms with van der Waals surface area (Å²) in [6.45, 7) is 2.62. The zero-order valence-electron chi connectivity index (χ0n) is 10.9. The first-order valence-corrected chi connectivity index (χ1v) is 6.44. The Kier molecular flexibility index (Phi) is 4.23. The van der Waals surface area contributed by atoms with Gasteiger partial charge in [-0.15, -0.1) is 16.4 Å². The van der Waals surface area contributed by atoms with Gasteiger partial charge in [-0.25, -0.2) is 14.5 Å². The number of esters is 1. The van der Waals surface area contributed by atoms with E-state index in [1.807, 2.05) is 12.3 Å². The summed E-state index contributed by atoms with van der Waals surface area (Å²) >= 11 is 1.56. The predicted octanol–water partition coefficient (Wildman–Crippen LogP) is 1.02. The summed E-state index contributed by atoms with van der Waals surface area (Å²) in [5.74, 6) is -0.521. The van der Waals surface area contributed by atoms with Gasteiger partial charge in [0.1, 0.15) is 0 Å². The minimum absolute atomic E-state index is 0.177. The quantitative estimate of drug-likeness (QED) is 0.762. The number of aryl methyl sites for hydroxylation is 1. The first-order chi connectivity index (χ1) is 9.15. The highest BCUT2D eigenvalue weighted by atomic mass is 32.1. The molecule has 2 heterocycles. The Balaban J connectivity index is 2.29. The van der Waals surface area contributed by atoms with Crippen LogP contribution in [0.15, 0.2) is 5.38 Å². The lowest BCUT2D eigenvalue weighted by Crippen LogP contribution is -2.11. The molecule has 0 aromatic carbocycles. The fraction of sp³-hybridized carbons (Fsp3) is 0.455. The van der Waals surface area contributed by atoms with E-state index in [1.54, 1.807) is 23.1 Å². The molecule has 0 aliphatic rings. The van der Waals surface area contributed by atoms with Crippen LogP contribution in [0.25, 0.3) is 0 Å². The molecule has 0 aliphatic heterocycles. The van der Waals surface area contributed by atoms with Crippen LogP contribution in [0, 0.1) is 6.92 Å². The average Bonchev–Trinajstić information content (AvgIpc) is 2.97. The van der Waals surface area contributed by atoms with Crippen molar-refractivity contribution < 1.29 is 14.3 Å². The van der Waals surface area contributed by atoms with Crippen molar-refractivity contribution in [3.63, 3.8) is 0 Å². The summed E-state index contributed by atoms with van der Waals surface area (Å²) in [6, 6.07) is 0. The predicted molar refractivity (Wildman–Crippen MR) is 68.0 cm³/mol. The summed E-state index contributed by atoms with van der Waals surface area (Å²) in [4.78, 5) is 15.9. The first kappa shape index (κ1) is 13.6. The molecule has 102 valence electrons. The van der Waals surface area contributed by atoms with Crippen LogP contribution >= 0.6 is 11.3 Å². The minimum Gasteiger partial charge on any atom is -0.464 e. The Bertz CT molecular complexity index is 578. The van der Waals surface area contributed by atoms with Crippen LogP contribution in [0.1, 0.15) is 26.9 Å². The van der Waals surface area contributed by atoms with Gasteiger partial charge in [-0.2, -0.15) is 0 Å². The van der Waals surface area contributed by atoms with Gasteiger partial charge in [-0.1, -0.05) is 5.21 Å². The molecule has 0 N–H and O–H groups in total. The lowest BCUT2D eigenvalue weighted by atomic mass is 10.3. The highest BCUT2D eigenvalue weighted by Crippen LogP contribution is 2.13. The molecule has 0 bridgehead atoms. The number of hydrogen-bond acceptors (Lipinski definition) is 7. The molecule has 2 rings (SSSR count). The maximum Gasteiger partial charge on any atom is 0.360 e. The number of nitrogens with zero attached hydrogens (tertiary/aromatic N) is 4. The van der Waals surface area contributed by atoms with Gasteiger partial charge in [0.15, 0.2) is 5.69 Å². The van der Waals surface area contributed by atoms with Gasteiger partial charge in [-0.05, 0) is 6.92 Å². The highest BCUT2D eigenvalue weighted by molar-refractivity contribution is 7.09. The number of ether oxygens (including phenoxy) is 2. The van der Waals surface area contributed by atoms with Crippen LogP contribution in [-0.2, 0) is 22.6 Å². The van der Waals surface area contributed by atoms with Gasteiger partial charge in [0, 0.05) is 12.5 Å². The summed E-state index contributed by atoms with van der Waals surface area (Å²) < 4.78 is 11.3. The van der Waals surface area contributed by atoms with Gasteiger partial charge >= 0.3 is 5.97 Å². The fourth-order valence-corrected chi connectivity index (χ4v) is 2.23. The van der Waals surface area contributed by atoms with Crippen molar-refractivity contribution in [3.05, 3.63) is 27.5 Å². The number of thiazole rings is 1. The molecule has 19 heavy (non-hydrogen) atoms. The van der Waals surface area contributed by atoms with E-state index in [-0.39, 0.29) is 12.3 Å². The molecule has 0 amide bonds. The summed E-state index contributed by atoms with van der Waals surface area (Å²) in [5, 5.41) is 10.7. The van der Waals surface area contributed by atoms with E-state index in [0.29, 0.717) is 12.2 Å². The SMILES string of the molecule is COCc1c(C(=O)OC)nnn1Cc1csc(C)n1. The Morgan fingerprint density at radius 3 is 2.84 bits per heavy atom. The minimum atomic E-state index is -0.521. The van der Waals surface area contributed by atoms with Crippen molar-refractivity contribution >= 4 is 17.3 Å². The average molecular weight is 282 g/mol. The summed E-state index contributed by atoms with van der Waals surface area (Å²) in [5.41, 5.74) is 1.64. The number of hydrogen-bond donors (Lipinski definition) is 0. The molecular formula is C11H14N4O3S. The van der Waals surface area contributed by atoms with Crippen molar-refractivity contribution in [2.75, 3.05) is 14.2 Å². The van der Waals surface area contributed by atoms with E-state index < -0.39 is 5.97 Å². The molecule has 0 fully saturated rings. The lowest BCUT2D eigenvalue weighted by molar-refractivity contribution is 0.0588. The molecule has 0 saturated heterocycles. The zero-order chi connectivity index (χ0) is 13.8. The van der Waals surface area contributed by atoms with Crippen LogP contribution in [0.2, 0.25) is 0 Å². The van der Waals surface area contributed by atoms with Crippen molar-refractivity contribution in [1.29, 1.82) is 0 Å². The van der Waals surface area contributed by atoms with Gasteiger partial charge in [0.05, 0.1) is 36.7 Å². The Labute approximate surface area is 114 Å². The topological polar surface area (TPSA) is 79.1 Å². The second-order valence-electron chi connectivity index (χ2n) is 3.82. The van der Waals surface area contributed by atoms with Crippen molar-refractivity contribution in [3.8, 4) is 0 Å². The van der Waals surface area contributed by atoms with Crippen LogP contribution in [0.4, 0.5) is 0 Å². The second-order valence-corrected chi connectivity index (χ2v) is 4.89. The smallest absolute Gasteiger partial charge is 0.360 e. The Hall–Kier alpha value is -1.80. The second kappa shape index (κ2) is 5.89. The Morgan fingerprint density at radius 2 is 2.26 bits per heavy atom. The lowest BCUT2D eigenvalue weighted by Gasteiger charge is -2.05. The molecule has 0 atom stereocenters. The van der Waals surface area contributed by atoms with E-state index >= 15 is 0 Å². The van der Waals surface area contributed by atoms with Crippen LogP contribution in [-0.4, -0.2) is 40.2 Å². The summed E-state index contributed by atoms with van der Waals surface area (Å²) in [7, 11) is 2.85. The van der Waals surface area contributed by atoms with Gasteiger partial charge in [0.2, 0.25) is 0 Å². The fourth-order valence-electron chi connectivity index (χ4n) is 1.63. The van der Waals surface area contributed by atoms with Crippen LogP contribution in [0.3, 0.4) is 0 Å². The number of methoxy groups -OCH3 is 2. The van der Waals surface area contributed by atoms with Gasteiger partial charge in [-0.3, -0.25) is 0 Å². The third kappa shape index (κ3) is 2.96. The molecule has 7 nitrogen and oxygen atoms in total. The molecule has 0 unspecified atom stereocenters. The monoisotopic (exact) mass is 282 g/mol. The molecule has 0 aliphatic carbocycles. The Morgan fingerprint density at radius 1 is 1.47 bits per heavy atom. The van der Waals surface area contributed by atoms with E-state index in [0.717, 1.165) is 10.7 Å². The van der Waals surface area contributed by atoms with Crippen LogP contribution in [0.5, 0.6) is 0 Å². The number of rotatable bonds is 5. The normalized spacial score (nSPS) is 10.7. The third-order valence-corrected chi connectivity index (χ3v) is 3.30. The zero-order valence-corrected chi connectivity index (χ0v) is 11.7. The van der Waals surface area contributed by atoms with Gasteiger partial charge in [0.25, 0.3) is 0 Å². The van der Waals surface area contributed by atoms with E-state index in [2.05, 4.69) is 20.0 Å². The highest BCUT2D eigenvalue weighted by Gasteiger charge is 2.20. The molecule has 0 radical (unpaired) electrons. The summed E-state index contributed by atoms with van der Waals surface area (Å²) in [6.07, 6.45) is 0. The number of carbonyl (C=O) groups excluding carboxylic acids is 1. The third-order valence-electron chi connectivity index (χ3n) is 2.48. The maximum atomic E-state index is 11.6. The number of aromatic nitrogens is 4. The number of carbonyl (C=O) groups is 1. The first-order valence-electron chi connectivity index (χ1n) is 5.56. The van der Waals surface area contributed by atoms with Gasteiger partial charge < -0.3 is 9.47 Å². The largest absolute Gasteiger partial charge is 0.464 e. The molecule has 0 saturated carbocycles. The van der Waals surface area contributed by atoms with Crippen LogP contribution < -0.4 is 0 Å². The van der Waals surface area contributed by atoms with E-state index in [4.69, 9.17) is 4.74 Å². The van der Waals surface area contributed by atoms with E-state index in [9.17, 15) is 4.79 Å². The molecule has 0 spiro atoms. The molecular weight excluding hydrogens is 268 g/mol. The van der Waals surface area contributed by atoms with Crippen molar-refractivity contribution in [2.24, 2.45) is 0 Å².